The summed E-state index contributed by atoms with van der Waals surface area (Å²) in [5.74, 6) is 1.26. The molecule has 0 saturated carbocycles. The van der Waals surface area contributed by atoms with E-state index in [9.17, 15) is 9.59 Å². The van der Waals surface area contributed by atoms with Gasteiger partial charge in [-0.15, -0.1) is 0 Å². The predicted octanol–water partition coefficient (Wildman–Crippen LogP) is 1.21. The Morgan fingerprint density at radius 3 is 2.69 bits per heavy atom. The van der Waals surface area contributed by atoms with Gasteiger partial charge in [-0.25, -0.2) is 4.79 Å². The van der Waals surface area contributed by atoms with E-state index in [1.54, 1.807) is 16.7 Å². The lowest BCUT2D eigenvalue weighted by molar-refractivity contribution is -0.149. The van der Waals surface area contributed by atoms with E-state index in [0.29, 0.717) is 13.0 Å². The van der Waals surface area contributed by atoms with E-state index in [1.165, 1.54) is 0 Å². The summed E-state index contributed by atoms with van der Waals surface area (Å²) in [4.78, 5) is 24.7. The van der Waals surface area contributed by atoms with Crippen molar-refractivity contribution in [1.82, 2.24) is 4.90 Å². The third kappa shape index (κ3) is 2.34. The van der Waals surface area contributed by atoms with Crippen LogP contribution in [0.4, 0.5) is 0 Å². The van der Waals surface area contributed by atoms with E-state index >= 15 is 0 Å². The molecule has 0 spiro atoms. The van der Waals surface area contributed by atoms with Crippen LogP contribution in [0, 0.1) is 5.92 Å². The molecule has 2 saturated heterocycles. The van der Waals surface area contributed by atoms with Crippen molar-refractivity contribution in [1.29, 1.82) is 0 Å². The van der Waals surface area contributed by atoms with Crippen LogP contribution in [0.2, 0.25) is 0 Å². The lowest BCUT2D eigenvalue weighted by Gasteiger charge is -2.28. The molecule has 1 unspecified atom stereocenters. The number of aliphatic carboxylic acids is 1. The lowest BCUT2D eigenvalue weighted by atomic mass is 10.0. The molecule has 2 atom stereocenters. The summed E-state index contributed by atoms with van der Waals surface area (Å²) in [6.07, 6.45) is 3.44. The zero-order valence-electron chi connectivity index (χ0n) is 9.22. The first kappa shape index (κ1) is 11.8. The van der Waals surface area contributed by atoms with Crippen LogP contribution in [0.1, 0.15) is 25.7 Å². The number of thioether (sulfide) groups is 1. The molecule has 1 amide bonds. The molecule has 0 aromatic heterocycles. The number of carboxylic acid groups (broad SMARTS) is 1. The first-order valence-corrected chi connectivity index (χ1v) is 6.96. The van der Waals surface area contributed by atoms with Gasteiger partial charge in [0.2, 0.25) is 5.91 Å². The van der Waals surface area contributed by atoms with Gasteiger partial charge in [-0.3, -0.25) is 4.79 Å². The van der Waals surface area contributed by atoms with Crippen LogP contribution in [0.25, 0.3) is 0 Å². The van der Waals surface area contributed by atoms with Gasteiger partial charge in [0.15, 0.2) is 0 Å². The number of hydrogen-bond acceptors (Lipinski definition) is 3. The molecular formula is C11H17NO3S. The number of likely N-dealkylation sites (tertiary alicyclic amines) is 1. The molecule has 0 radical (unpaired) electrons. The maximum atomic E-state index is 12.2. The van der Waals surface area contributed by atoms with Crippen molar-refractivity contribution in [3.63, 3.8) is 0 Å². The maximum Gasteiger partial charge on any atom is 0.326 e. The highest BCUT2D eigenvalue weighted by atomic mass is 32.2. The van der Waals surface area contributed by atoms with Crippen molar-refractivity contribution in [3.8, 4) is 0 Å². The average molecular weight is 243 g/mol. The number of carbonyl (C=O) groups is 2. The van der Waals surface area contributed by atoms with Crippen molar-refractivity contribution in [2.45, 2.75) is 31.7 Å². The van der Waals surface area contributed by atoms with Crippen LogP contribution < -0.4 is 0 Å². The van der Waals surface area contributed by atoms with Crippen molar-refractivity contribution >= 4 is 23.6 Å². The van der Waals surface area contributed by atoms with Gasteiger partial charge in [-0.1, -0.05) is 0 Å². The minimum atomic E-state index is -0.852. The van der Waals surface area contributed by atoms with Gasteiger partial charge in [0.05, 0.1) is 0 Å². The van der Waals surface area contributed by atoms with Crippen molar-refractivity contribution in [2.24, 2.45) is 5.92 Å². The van der Waals surface area contributed by atoms with Crippen LogP contribution in [-0.4, -0.2) is 46.0 Å². The Morgan fingerprint density at radius 2 is 2.06 bits per heavy atom. The number of nitrogens with zero attached hydrogens (tertiary/aromatic N) is 1. The number of amides is 1. The standard InChI is InChI=1S/C11H17NO3S/c13-10(8-3-2-6-16-7-8)12-5-1-4-9(12)11(14)15/h8-9H,1-7H2,(H,14,15)/t8?,9-/m0/s1. The number of carboxylic acids is 1. The summed E-state index contributed by atoms with van der Waals surface area (Å²) in [5.41, 5.74) is 0. The summed E-state index contributed by atoms with van der Waals surface area (Å²) in [6, 6.07) is -0.570. The van der Waals surface area contributed by atoms with E-state index in [-0.39, 0.29) is 11.8 Å². The number of rotatable bonds is 2. The first-order chi connectivity index (χ1) is 7.70. The van der Waals surface area contributed by atoms with Crippen LogP contribution in [0.3, 0.4) is 0 Å². The molecule has 5 heteroatoms. The van der Waals surface area contributed by atoms with Crippen molar-refractivity contribution in [2.75, 3.05) is 18.1 Å². The molecular weight excluding hydrogens is 226 g/mol. The Kier molecular flexibility index (Phi) is 3.74. The number of hydrogen-bond donors (Lipinski definition) is 1. The molecule has 0 aromatic rings. The Labute approximate surface area is 99.4 Å². The van der Waals surface area contributed by atoms with E-state index in [4.69, 9.17) is 5.11 Å². The first-order valence-electron chi connectivity index (χ1n) is 5.81. The van der Waals surface area contributed by atoms with E-state index in [0.717, 1.165) is 30.8 Å². The zero-order chi connectivity index (χ0) is 11.5. The second-order valence-corrected chi connectivity index (χ2v) is 5.59. The monoisotopic (exact) mass is 243 g/mol. The van der Waals surface area contributed by atoms with Crippen molar-refractivity contribution < 1.29 is 14.7 Å². The Hall–Kier alpha value is -0.710. The fourth-order valence-corrected chi connectivity index (χ4v) is 3.59. The largest absolute Gasteiger partial charge is 0.480 e. The predicted molar refractivity (Wildman–Crippen MR) is 62.4 cm³/mol. The second kappa shape index (κ2) is 5.08. The normalized spacial score (nSPS) is 30.4. The average Bonchev–Trinajstić information content (AvgIpc) is 2.78. The van der Waals surface area contributed by atoms with Crippen LogP contribution in [-0.2, 0) is 9.59 Å². The SMILES string of the molecule is O=C(O)[C@@H]1CCCN1C(=O)C1CCCSC1. The van der Waals surface area contributed by atoms with Crippen LogP contribution >= 0.6 is 11.8 Å². The Bertz CT molecular complexity index is 289. The summed E-state index contributed by atoms with van der Waals surface area (Å²) < 4.78 is 0. The highest BCUT2D eigenvalue weighted by Gasteiger charge is 2.37. The van der Waals surface area contributed by atoms with E-state index in [1.807, 2.05) is 0 Å². The molecule has 16 heavy (non-hydrogen) atoms. The molecule has 0 aliphatic carbocycles. The molecule has 2 heterocycles. The van der Waals surface area contributed by atoms with E-state index < -0.39 is 12.0 Å². The fourth-order valence-electron chi connectivity index (χ4n) is 2.46. The third-order valence-corrected chi connectivity index (χ3v) is 4.55. The van der Waals surface area contributed by atoms with Gasteiger partial charge in [0.1, 0.15) is 6.04 Å². The molecule has 1 N–H and O–H groups in total. The fraction of sp³-hybridized carbons (Fsp3) is 0.818. The molecule has 0 aromatic carbocycles. The van der Waals surface area contributed by atoms with Gasteiger partial charge in [0.25, 0.3) is 0 Å². The molecule has 90 valence electrons. The Balaban J connectivity index is 1.99. The molecule has 2 aliphatic rings. The zero-order valence-corrected chi connectivity index (χ0v) is 10.0. The van der Waals surface area contributed by atoms with Gasteiger partial charge in [-0.2, -0.15) is 11.8 Å². The molecule has 0 bridgehead atoms. The summed E-state index contributed by atoms with van der Waals surface area (Å²) in [7, 11) is 0. The van der Waals surface area contributed by atoms with Gasteiger partial charge in [0, 0.05) is 18.2 Å². The quantitative estimate of drug-likeness (QED) is 0.792. The van der Waals surface area contributed by atoms with Gasteiger partial charge >= 0.3 is 5.97 Å². The van der Waals surface area contributed by atoms with Crippen molar-refractivity contribution in [3.05, 3.63) is 0 Å². The Morgan fingerprint density at radius 1 is 1.25 bits per heavy atom. The van der Waals surface area contributed by atoms with E-state index in [2.05, 4.69) is 0 Å². The topological polar surface area (TPSA) is 57.6 Å². The summed E-state index contributed by atoms with van der Waals surface area (Å²) >= 11 is 1.80. The maximum absolute atomic E-state index is 12.2. The second-order valence-electron chi connectivity index (χ2n) is 4.44. The van der Waals surface area contributed by atoms with Gasteiger partial charge in [-0.05, 0) is 31.4 Å². The van der Waals surface area contributed by atoms with Crippen LogP contribution in [0.5, 0.6) is 0 Å². The highest BCUT2D eigenvalue weighted by Crippen LogP contribution is 2.27. The third-order valence-electron chi connectivity index (χ3n) is 3.33. The number of carbonyl (C=O) groups excluding carboxylic acids is 1. The highest BCUT2D eigenvalue weighted by molar-refractivity contribution is 7.99. The molecule has 2 fully saturated rings. The summed E-state index contributed by atoms with van der Waals surface area (Å²) in [5, 5.41) is 9.03. The minimum absolute atomic E-state index is 0.0544. The minimum Gasteiger partial charge on any atom is -0.480 e. The smallest absolute Gasteiger partial charge is 0.326 e. The van der Waals surface area contributed by atoms with Gasteiger partial charge < -0.3 is 10.0 Å². The summed E-state index contributed by atoms with van der Waals surface area (Å²) in [6.45, 7) is 0.622. The lowest BCUT2D eigenvalue weighted by Crippen LogP contribution is -2.44. The van der Waals surface area contributed by atoms with Crippen LogP contribution in [0.15, 0.2) is 0 Å². The molecule has 4 nitrogen and oxygen atoms in total. The molecule has 2 rings (SSSR count). The molecule has 2 aliphatic heterocycles.